The SMILES string of the molecule is COc1ccc(NC(=O)CN2C(=O)C(C(=O)N3CCCCCC3)Sc3ccccc32)cc1OC. The highest BCUT2D eigenvalue weighted by atomic mass is 32.2. The van der Waals surface area contributed by atoms with Gasteiger partial charge in [0.2, 0.25) is 11.8 Å². The summed E-state index contributed by atoms with van der Waals surface area (Å²) in [5.74, 6) is 0.132. The Hall–Kier alpha value is -3.20. The molecule has 180 valence electrons. The van der Waals surface area contributed by atoms with E-state index in [1.807, 2.05) is 18.2 Å². The monoisotopic (exact) mass is 483 g/mol. The van der Waals surface area contributed by atoms with Crippen LogP contribution in [-0.2, 0) is 14.4 Å². The van der Waals surface area contributed by atoms with E-state index in [-0.39, 0.29) is 24.3 Å². The highest BCUT2D eigenvalue weighted by Gasteiger charge is 2.40. The molecule has 2 aliphatic rings. The summed E-state index contributed by atoms with van der Waals surface area (Å²) in [5.41, 5.74) is 1.16. The van der Waals surface area contributed by atoms with Crippen LogP contribution in [0.25, 0.3) is 0 Å². The first kappa shape index (κ1) is 23.9. The van der Waals surface area contributed by atoms with E-state index in [1.54, 1.807) is 29.2 Å². The van der Waals surface area contributed by atoms with Crippen LogP contribution < -0.4 is 19.7 Å². The van der Waals surface area contributed by atoms with Gasteiger partial charge in [-0.3, -0.25) is 14.4 Å². The second kappa shape index (κ2) is 10.8. The normalized spacial score (nSPS) is 18.1. The Balaban J connectivity index is 1.53. The number of carbonyl (C=O) groups excluding carboxylic acids is 3. The van der Waals surface area contributed by atoms with Crippen molar-refractivity contribution >= 4 is 40.9 Å². The molecule has 0 bridgehead atoms. The van der Waals surface area contributed by atoms with Gasteiger partial charge in [-0.1, -0.05) is 25.0 Å². The number of nitrogens with one attached hydrogen (secondary N) is 1. The van der Waals surface area contributed by atoms with Crippen molar-refractivity contribution in [2.24, 2.45) is 0 Å². The van der Waals surface area contributed by atoms with Crippen LogP contribution in [0.15, 0.2) is 47.4 Å². The predicted molar refractivity (Wildman–Crippen MR) is 132 cm³/mol. The number of carbonyl (C=O) groups is 3. The van der Waals surface area contributed by atoms with Gasteiger partial charge in [0.05, 0.1) is 19.9 Å². The Morgan fingerprint density at radius 3 is 2.41 bits per heavy atom. The van der Waals surface area contributed by atoms with E-state index in [9.17, 15) is 14.4 Å². The van der Waals surface area contributed by atoms with Gasteiger partial charge < -0.3 is 24.6 Å². The van der Waals surface area contributed by atoms with Crippen LogP contribution in [0.1, 0.15) is 25.7 Å². The van der Waals surface area contributed by atoms with Crippen molar-refractivity contribution in [3.63, 3.8) is 0 Å². The van der Waals surface area contributed by atoms with Gasteiger partial charge in [0, 0.05) is 29.7 Å². The molecule has 2 aromatic carbocycles. The molecular weight excluding hydrogens is 454 g/mol. The molecule has 9 heteroatoms. The molecule has 0 radical (unpaired) electrons. The van der Waals surface area contributed by atoms with E-state index >= 15 is 0 Å². The molecular formula is C25H29N3O5S. The number of benzene rings is 2. The average Bonchev–Trinajstić information content (AvgIpc) is 3.15. The summed E-state index contributed by atoms with van der Waals surface area (Å²) in [6.07, 6.45) is 4.10. The van der Waals surface area contributed by atoms with Gasteiger partial charge in [-0.05, 0) is 37.1 Å². The summed E-state index contributed by atoms with van der Waals surface area (Å²) in [6, 6.07) is 12.4. The zero-order valence-electron chi connectivity index (χ0n) is 19.4. The number of fused-ring (bicyclic) bond motifs is 1. The molecule has 4 rings (SSSR count). The first-order valence-electron chi connectivity index (χ1n) is 11.4. The summed E-state index contributed by atoms with van der Waals surface area (Å²) >= 11 is 1.27. The van der Waals surface area contributed by atoms with Gasteiger partial charge in [-0.15, -0.1) is 11.8 Å². The molecule has 1 atom stereocenters. The minimum atomic E-state index is -0.887. The standard InChI is InChI=1S/C25H29N3O5S/c1-32-19-12-11-17(15-20(19)33-2)26-22(29)16-28-18-9-5-6-10-21(18)34-23(25(28)31)24(30)27-13-7-3-4-8-14-27/h5-6,9-12,15,23H,3-4,7-8,13-14,16H2,1-2H3,(H,26,29). The van der Waals surface area contributed by atoms with Gasteiger partial charge >= 0.3 is 0 Å². The molecule has 2 heterocycles. The van der Waals surface area contributed by atoms with Crippen LogP contribution in [0.4, 0.5) is 11.4 Å². The molecule has 0 spiro atoms. The Kier molecular flexibility index (Phi) is 7.62. The lowest BCUT2D eigenvalue weighted by Crippen LogP contribution is -2.51. The molecule has 2 aliphatic heterocycles. The van der Waals surface area contributed by atoms with Crippen molar-refractivity contribution < 1.29 is 23.9 Å². The quantitative estimate of drug-likeness (QED) is 0.633. The first-order chi connectivity index (χ1) is 16.5. The zero-order valence-corrected chi connectivity index (χ0v) is 20.2. The zero-order chi connectivity index (χ0) is 24.1. The number of likely N-dealkylation sites (tertiary alicyclic amines) is 1. The number of rotatable bonds is 6. The highest BCUT2D eigenvalue weighted by Crippen LogP contribution is 2.40. The molecule has 1 N–H and O–H groups in total. The lowest BCUT2D eigenvalue weighted by Gasteiger charge is -2.34. The van der Waals surface area contributed by atoms with Crippen molar-refractivity contribution in [3.05, 3.63) is 42.5 Å². The van der Waals surface area contributed by atoms with Crippen molar-refractivity contribution in [1.29, 1.82) is 0 Å². The highest BCUT2D eigenvalue weighted by molar-refractivity contribution is 8.01. The minimum Gasteiger partial charge on any atom is -0.493 e. The molecule has 0 saturated carbocycles. The third kappa shape index (κ3) is 5.14. The van der Waals surface area contributed by atoms with Crippen LogP contribution in [0.5, 0.6) is 11.5 Å². The number of anilines is 2. The maximum Gasteiger partial charge on any atom is 0.250 e. The van der Waals surface area contributed by atoms with Gasteiger partial charge in [-0.2, -0.15) is 0 Å². The van der Waals surface area contributed by atoms with Gasteiger partial charge in [-0.25, -0.2) is 0 Å². The minimum absolute atomic E-state index is 0.170. The lowest BCUT2D eigenvalue weighted by molar-refractivity contribution is -0.135. The molecule has 1 unspecified atom stereocenters. The largest absolute Gasteiger partial charge is 0.493 e. The number of methoxy groups -OCH3 is 2. The van der Waals surface area contributed by atoms with Crippen LogP contribution >= 0.6 is 11.8 Å². The molecule has 1 saturated heterocycles. The molecule has 0 aromatic heterocycles. The van der Waals surface area contributed by atoms with Crippen LogP contribution in [0, 0.1) is 0 Å². The van der Waals surface area contributed by atoms with E-state index in [4.69, 9.17) is 9.47 Å². The summed E-state index contributed by atoms with van der Waals surface area (Å²) in [5, 5.41) is 1.92. The summed E-state index contributed by atoms with van der Waals surface area (Å²) in [6.45, 7) is 1.14. The number of hydrogen-bond acceptors (Lipinski definition) is 6. The fourth-order valence-electron chi connectivity index (χ4n) is 4.25. The fourth-order valence-corrected chi connectivity index (χ4v) is 5.44. The third-order valence-corrected chi connectivity index (χ3v) is 7.24. The van der Waals surface area contributed by atoms with E-state index in [0.29, 0.717) is 36.0 Å². The van der Waals surface area contributed by atoms with Crippen LogP contribution in [0.2, 0.25) is 0 Å². The molecule has 34 heavy (non-hydrogen) atoms. The maximum absolute atomic E-state index is 13.5. The summed E-state index contributed by atoms with van der Waals surface area (Å²) in [4.78, 5) is 43.8. The Labute approximate surface area is 203 Å². The van der Waals surface area contributed by atoms with Crippen molar-refractivity contribution in [3.8, 4) is 11.5 Å². The predicted octanol–water partition coefficient (Wildman–Crippen LogP) is 3.55. The van der Waals surface area contributed by atoms with Crippen LogP contribution in [0.3, 0.4) is 0 Å². The van der Waals surface area contributed by atoms with E-state index in [2.05, 4.69) is 5.32 Å². The van der Waals surface area contributed by atoms with E-state index < -0.39 is 5.25 Å². The number of hydrogen-bond donors (Lipinski definition) is 1. The molecule has 8 nitrogen and oxygen atoms in total. The summed E-state index contributed by atoms with van der Waals surface area (Å²) in [7, 11) is 3.06. The Bertz CT molecular complexity index is 1070. The first-order valence-corrected chi connectivity index (χ1v) is 12.3. The summed E-state index contributed by atoms with van der Waals surface area (Å²) < 4.78 is 10.5. The van der Waals surface area contributed by atoms with Crippen LogP contribution in [-0.4, -0.2) is 61.7 Å². The molecule has 3 amide bonds. The van der Waals surface area contributed by atoms with Crippen molar-refractivity contribution in [2.75, 3.05) is 44.1 Å². The Morgan fingerprint density at radius 1 is 1.00 bits per heavy atom. The number of para-hydroxylation sites is 1. The Morgan fingerprint density at radius 2 is 1.71 bits per heavy atom. The average molecular weight is 484 g/mol. The van der Waals surface area contributed by atoms with E-state index in [0.717, 1.165) is 30.6 Å². The smallest absolute Gasteiger partial charge is 0.250 e. The maximum atomic E-state index is 13.5. The fraction of sp³-hybridized carbons (Fsp3) is 0.400. The number of thioether (sulfide) groups is 1. The van der Waals surface area contributed by atoms with Gasteiger partial charge in [0.1, 0.15) is 6.54 Å². The topological polar surface area (TPSA) is 88.2 Å². The number of ether oxygens (including phenoxy) is 2. The molecule has 0 aliphatic carbocycles. The second-order valence-corrected chi connectivity index (χ2v) is 9.39. The third-order valence-electron chi connectivity index (χ3n) is 6.00. The van der Waals surface area contributed by atoms with Crippen molar-refractivity contribution in [2.45, 2.75) is 35.8 Å². The lowest BCUT2D eigenvalue weighted by atomic mass is 10.2. The van der Waals surface area contributed by atoms with Crippen molar-refractivity contribution in [1.82, 2.24) is 4.90 Å². The van der Waals surface area contributed by atoms with Gasteiger partial charge in [0.25, 0.3) is 5.91 Å². The second-order valence-electron chi connectivity index (χ2n) is 8.25. The van der Waals surface area contributed by atoms with E-state index in [1.165, 1.54) is 30.9 Å². The number of amides is 3. The molecule has 2 aromatic rings. The number of nitrogens with zero attached hydrogens (tertiary/aromatic N) is 2. The van der Waals surface area contributed by atoms with Gasteiger partial charge in [0.15, 0.2) is 16.7 Å². The molecule has 1 fully saturated rings.